The van der Waals surface area contributed by atoms with E-state index in [0.717, 1.165) is 16.2 Å². The summed E-state index contributed by atoms with van der Waals surface area (Å²) in [4.78, 5) is 0. The monoisotopic (exact) mass is 257 g/mol. The lowest BCUT2D eigenvalue weighted by atomic mass is 10.2. The summed E-state index contributed by atoms with van der Waals surface area (Å²) in [5.74, 6) is 0. The molecule has 0 fully saturated rings. The number of aryl methyl sites for hydroxylation is 1. The first-order chi connectivity index (χ1) is 8.18. The first-order valence-electron chi connectivity index (χ1n) is 5.46. The van der Waals surface area contributed by atoms with Crippen LogP contribution in [0.25, 0.3) is 0 Å². The lowest BCUT2D eigenvalue weighted by molar-refractivity contribution is 0.412. The largest absolute Gasteiger partial charge is 0.325 e. The second-order valence-corrected chi connectivity index (χ2v) is 6.32. The van der Waals surface area contributed by atoms with Crippen LogP contribution in [0.5, 0.6) is 0 Å². The van der Waals surface area contributed by atoms with Crippen LogP contribution in [0, 0.1) is 6.92 Å². The van der Waals surface area contributed by atoms with Crippen LogP contribution in [-0.2, 0) is 9.09 Å². The number of rotatable bonds is 3. The summed E-state index contributed by atoms with van der Waals surface area (Å²) in [6.07, 6.45) is 0. The van der Waals surface area contributed by atoms with Crippen LogP contribution < -0.4 is 10.6 Å². The Morgan fingerprint density at radius 2 is 1.50 bits per heavy atom. The molecule has 2 nitrogen and oxygen atoms in total. The van der Waals surface area contributed by atoms with Crippen LogP contribution in [0.15, 0.2) is 54.6 Å². The van der Waals surface area contributed by atoms with Gasteiger partial charge in [0.05, 0.1) is 0 Å². The van der Waals surface area contributed by atoms with Gasteiger partial charge in [0.1, 0.15) is 0 Å². The molecule has 4 heteroatoms. The van der Waals surface area contributed by atoms with Crippen molar-refractivity contribution in [1.82, 2.24) is 0 Å². The van der Waals surface area contributed by atoms with E-state index >= 15 is 0 Å². The average Bonchev–Trinajstić information content (AvgIpc) is 2.39. The van der Waals surface area contributed by atoms with E-state index in [1.807, 2.05) is 61.5 Å². The Labute approximate surface area is 110 Å². The molecule has 2 aromatic rings. The zero-order valence-corrected chi connectivity index (χ0v) is 11.4. The maximum absolute atomic E-state index is 13.0. The molecule has 0 saturated heterocycles. The van der Waals surface area contributed by atoms with E-state index in [9.17, 15) is 4.57 Å². The first kappa shape index (κ1) is 14.8. The van der Waals surface area contributed by atoms with Crippen molar-refractivity contribution in [2.75, 3.05) is 7.11 Å². The standard InChI is InChI=1S/C14H15O2P.B/c1-12-8-6-7-11-14(12)17(15,16-2)13-9-4-3-5-10-13;/h3-11H,1-2H3;. The first-order valence-corrected chi connectivity index (χ1v) is 7.08. The summed E-state index contributed by atoms with van der Waals surface area (Å²) < 4.78 is 18.3. The van der Waals surface area contributed by atoms with Crippen molar-refractivity contribution in [2.45, 2.75) is 6.92 Å². The topological polar surface area (TPSA) is 26.3 Å². The van der Waals surface area contributed by atoms with Gasteiger partial charge >= 0.3 is 0 Å². The van der Waals surface area contributed by atoms with E-state index < -0.39 is 7.37 Å². The van der Waals surface area contributed by atoms with E-state index in [1.165, 1.54) is 7.11 Å². The molecule has 0 aliphatic heterocycles. The highest BCUT2D eigenvalue weighted by Gasteiger charge is 2.28. The zero-order chi connectivity index (χ0) is 12.3. The van der Waals surface area contributed by atoms with Crippen LogP contribution >= 0.6 is 7.37 Å². The molecule has 0 saturated carbocycles. The van der Waals surface area contributed by atoms with Crippen LogP contribution in [0.1, 0.15) is 5.56 Å². The predicted octanol–water partition coefficient (Wildman–Crippen LogP) is 2.49. The molecular weight excluding hydrogens is 242 g/mol. The summed E-state index contributed by atoms with van der Waals surface area (Å²) >= 11 is 0. The van der Waals surface area contributed by atoms with Gasteiger partial charge in [0, 0.05) is 26.1 Å². The minimum absolute atomic E-state index is 0. The van der Waals surface area contributed by atoms with E-state index in [4.69, 9.17) is 4.52 Å². The molecule has 0 aliphatic carbocycles. The van der Waals surface area contributed by atoms with Gasteiger partial charge < -0.3 is 4.52 Å². The number of hydrogen-bond acceptors (Lipinski definition) is 2. The molecule has 0 heterocycles. The van der Waals surface area contributed by atoms with E-state index in [-0.39, 0.29) is 8.41 Å². The maximum Gasteiger partial charge on any atom is 0.261 e. The normalized spacial score (nSPS) is 13.4. The molecule has 1 atom stereocenters. The molecule has 3 radical (unpaired) electrons. The molecule has 0 bridgehead atoms. The minimum atomic E-state index is -2.94. The third-order valence-corrected chi connectivity index (χ3v) is 5.41. The SMILES string of the molecule is COP(=O)(c1ccccc1)c1ccccc1C.[B]. The van der Waals surface area contributed by atoms with Gasteiger partial charge in [0.25, 0.3) is 7.37 Å². The van der Waals surface area contributed by atoms with Crippen molar-refractivity contribution in [3.63, 3.8) is 0 Å². The zero-order valence-electron chi connectivity index (χ0n) is 10.5. The van der Waals surface area contributed by atoms with Gasteiger partial charge in [0.15, 0.2) is 0 Å². The maximum atomic E-state index is 13.0. The second kappa shape index (κ2) is 6.04. The quantitative estimate of drug-likeness (QED) is 0.623. The molecule has 18 heavy (non-hydrogen) atoms. The Morgan fingerprint density at radius 3 is 2.06 bits per heavy atom. The second-order valence-electron chi connectivity index (χ2n) is 3.86. The van der Waals surface area contributed by atoms with E-state index in [1.54, 1.807) is 0 Å². The molecule has 0 aromatic heterocycles. The summed E-state index contributed by atoms with van der Waals surface area (Å²) in [6, 6.07) is 17.0. The fourth-order valence-corrected chi connectivity index (χ4v) is 3.93. The molecule has 0 N–H and O–H groups in total. The molecule has 0 amide bonds. The molecule has 91 valence electrons. The average molecular weight is 257 g/mol. The van der Waals surface area contributed by atoms with E-state index in [0.29, 0.717) is 0 Å². The van der Waals surface area contributed by atoms with Crippen molar-refractivity contribution in [2.24, 2.45) is 0 Å². The highest BCUT2D eigenvalue weighted by molar-refractivity contribution is 7.74. The number of hydrogen-bond donors (Lipinski definition) is 0. The minimum Gasteiger partial charge on any atom is -0.325 e. The fraction of sp³-hybridized carbons (Fsp3) is 0.143. The highest BCUT2D eigenvalue weighted by atomic mass is 31.2. The highest BCUT2D eigenvalue weighted by Crippen LogP contribution is 2.44. The molecule has 2 aromatic carbocycles. The van der Waals surface area contributed by atoms with Gasteiger partial charge in [-0.1, -0.05) is 36.4 Å². The third-order valence-electron chi connectivity index (χ3n) is 2.79. The van der Waals surface area contributed by atoms with Crippen LogP contribution in [0.4, 0.5) is 0 Å². The lowest BCUT2D eigenvalue weighted by Crippen LogP contribution is -2.19. The Bertz CT molecular complexity index is 555. The summed E-state index contributed by atoms with van der Waals surface area (Å²) in [6.45, 7) is 1.95. The Balaban J connectivity index is 0.00000162. The molecular formula is C14H15BO2P. The van der Waals surface area contributed by atoms with Gasteiger partial charge in [-0.15, -0.1) is 0 Å². The Morgan fingerprint density at radius 1 is 0.944 bits per heavy atom. The van der Waals surface area contributed by atoms with Gasteiger partial charge in [-0.3, -0.25) is 4.57 Å². The van der Waals surface area contributed by atoms with Gasteiger partial charge in [0.2, 0.25) is 0 Å². The fourth-order valence-electron chi connectivity index (χ4n) is 1.86. The molecule has 2 rings (SSSR count). The van der Waals surface area contributed by atoms with Crippen molar-refractivity contribution in [1.29, 1.82) is 0 Å². The summed E-state index contributed by atoms with van der Waals surface area (Å²) in [7, 11) is -1.44. The summed E-state index contributed by atoms with van der Waals surface area (Å²) in [5.41, 5.74) is 0.988. The molecule has 0 aliphatic rings. The van der Waals surface area contributed by atoms with Gasteiger partial charge in [-0.05, 0) is 30.7 Å². The van der Waals surface area contributed by atoms with Crippen LogP contribution in [0.3, 0.4) is 0 Å². The van der Waals surface area contributed by atoms with Crippen molar-refractivity contribution >= 4 is 26.4 Å². The Kier molecular flexibility index (Phi) is 4.95. The van der Waals surface area contributed by atoms with Crippen molar-refractivity contribution in [3.8, 4) is 0 Å². The van der Waals surface area contributed by atoms with Crippen LogP contribution in [0.2, 0.25) is 0 Å². The lowest BCUT2D eigenvalue weighted by Gasteiger charge is -2.18. The van der Waals surface area contributed by atoms with Crippen molar-refractivity contribution in [3.05, 3.63) is 60.2 Å². The van der Waals surface area contributed by atoms with Gasteiger partial charge in [-0.25, -0.2) is 0 Å². The Hall–Kier alpha value is -1.31. The summed E-state index contributed by atoms with van der Waals surface area (Å²) in [5, 5.41) is 1.51. The van der Waals surface area contributed by atoms with E-state index in [2.05, 4.69) is 0 Å². The van der Waals surface area contributed by atoms with Crippen molar-refractivity contribution < 1.29 is 9.09 Å². The third kappa shape index (κ3) is 2.58. The molecule has 0 spiro atoms. The predicted molar refractivity (Wildman–Crippen MR) is 77.3 cm³/mol. The number of benzene rings is 2. The molecule has 1 unspecified atom stereocenters. The smallest absolute Gasteiger partial charge is 0.261 e. The van der Waals surface area contributed by atoms with Crippen LogP contribution in [-0.4, -0.2) is 15.5 Å². The van der Waals surface area contributed by atoms with Gasteiger partial charge in [-0.2, -0.15) is 0 Å².